The first-order valence-electron chi connectivity index (χ1n) is 7.24. The summed E-state index contributed by atoms with van der Waals surface area (Å²) in [5.41, 5.74) is 1.02. The molecule has 0 spiro atoms. The van der Waals surface area contributed by atoms with Crippen molar-refractivity contribution in [1.82, 2.24) is 9.80 Å². The van der Waals surface area contributed by atoms with E-state index in [4.69, 9.17) is 10.0 Å². The summed E-state index contributed by atoms with van der Waals surface area (Å²) in [5.74, 6) is -0.415. The molecule has 20 heavy (non-hydrogen) atoms. The smallest absolute Gasteiger partial charge is 0.423 e. The van der Waals surface area contributed by atoms with E-state index in [-0.39, 0.29) is 5.46 Å². The van der Waals surface area contributed by atoms with E-state index in [2.05, 4.69) is 9.80 Å². The molecule has 2 fully saturated rings. The molecule has 1 saturated carbocycles. The maximum Gasteiger partial charge on any atom is 0.488 e. The highest BCUT2D eigenvalue weighted by Crippen LogP contribution is 2.27. The van der Waals surface area contributed by atoms with E-state index in [0.717, 1.165) is 37.8 Å². The molecule has 1 saturated heterocycles. The highest BCUT2D eigenvalue weighted by atomic mass is 19.1. The van der Waals surface area contributed by atoms with E-state index in [0.29, 0.717) is 6.54 Å². The Kier molecular flexibility index (Phi) is 4.07. The van der Waals surface area contributed by atoms with E-state index >= 15 is 0 Å². The Morgan fingerprint density at radius 1 is 1.10 bits per heavy atom. The zero-order valence-electron chi connectivity index (χ0n) is 11.5. The van der Waals surface area contributed by atoms with Crippen LogP contribution in [0.1, 0.15) is 18.4 Å². The molecule has 1 aromatic rings. The number of piperazine rings is 1. The number of benzene rings is 1. The van der Waals surface area contributed by atoms with Crippen molar-refractivity contribution in [3.63, 3.8) is 0 Å². The Balaban J connectivity index is 1.60. The highest BCUT2D eigenvalue weighted by Gasteiger charge is 2.31. The maximum atomic E-state index is 13.5. The monoisotopic (exact) mass is 278 g/mol. The van der Waals surface area contributed by atoms with Crippen LogP contribution in [0.25, 0.3) is 0 Å². The molecule has 108 valence electrons. The molecular weight excluding hydrogens is 258 g/mol. The number of hydrogen-bond acceptors (Lipinski definition) is 4. The second-order valence-corrected chi connectivity index (χ2v) is 5.81. The quantitative estimate of drug-likeness (QED) is 0.748. The average molecular weight is 278 g/mol. The van der Waals surface area contributed by atoms with Gasteiger partial charge in [0.15, 0.2) is 0 Å². The third-order valence-electron chi connectivity index (χ3n) is 4.15. The van der Waals surface area contributed by atoms with E-state index in [1.54, 1.807) is 6.07 Å². The van der Waals surface area contributed by atoms with Crippen LogP contribution in [-0.4, -0.2) is 59.2 Å². The number of hydrogen-bond donors (Lipinski definition) is 2. The van der Waals surface area contributed by atoms with E-state index in [9.17, 15) is 4.39 Å². The highest BCUT2D eigenvalue weighted by molar-refractivity contribution is 6.58. The fourth-order valence-corrected chi connectivity index (χ4v) is 2.90. The minimum atomic E-state index is -1.61. The molecule has 0 atom stereocenters. The van der Waals surface area contributed by atoms with Gasteiger partial charge < -0.3 is 10.0 Å². The summed E-state index contributed by atoms with van der Waals surface area (Å²) in [7, 11) is -1.61. The van der Waals surface area contributed by atoms with Crippen molar-refractivity contribution in [1.29, 1.82) is 0 Å². The predicted molar refractivity (Wildman–Crippen MR) is 76.1 cm³/mol. The topological polar surface area (TPSA) is 46.9 Å². The van der Waals surface area contributed by atoms with Crippen molar-refractivity contribution in [2.24, 2.45) is 0 Å². The lowest BCUT2D eigenvalue weighted by atomic mass is 9.79. The zero-order chi connectivity index (χ0) is 14.1. The van der Waals surface area contributed by atoms with Crippen LogP contribution in [-0.2, 0) is 6.54 Å². The number of rotatable bonds is 4. The molecule has 6 heteroatoms. The van der Waals surface area contributed by atoms with Gasteiger partial charge in [0, 0.05) is 38.8 Å². The Morgan fingerprint density at radius 2 is 1.80 bits per heavy atom. The van der Waals surface area contributed by atoms with Crippen molar-refractivity contribution in [3.05, 3.63) is 29.6 Å². The first-order chi connectivity index (χ1) is 9.61. The summed E-state index contributed by atoms with van der Waals surface area (Å²) < 4.78 is 13.5. The van der Waals surface area contributed by atoms with Gasteiger partial charge in [-0.25, -0.2) is 4.39 Å². The summed E-state index contributed by atoms with van der Waals surface area (Å²) >= 11 is 0. The van der Waals surface area contributed by atoms with Crippen LogP contribution in [0, 0.1) is 5.82 Å². The number of halogens is 1. The molecule has 1 aliphatic carbocycles. The Bertz CT molecular complexity index is 474. The van der Waals surface area contributed by atoms with Gasteiger partial charge in [0.05, 0.1) is 0 Å². The van der Waals surface area contributed by atoms with Gasteiger partial charge in [-0.05, 0) is 36.0 Å². The lowest BCUT2D eigenvalue weighted by molar-refractivity contribution is 0.121. The molecule has 0 aromatic heterocycles. The SMILES string of the molecule is OB(O)c1cc(F)cc(CN2CCN(C3CC3)CC2)c1. The molecule has 0 amide bonds. The molecule has 1 heterocycles. The lowest BCUT2D eigenvalue weighted by Crippen LogP contribution is -2.46. The first-order valence-corrected chi connectivity index (χ1v) is 7.24. The summed E-state index contributed by atoms with van der Waals surface area (Å²) in [6, 6.07) is 5.11. The average Bonchev–Trinajstić information content (AvgIpc) is 3.23. The van der Waals surface area contributed by atoms with Crippen LogP contribution in [0.4, 0.5) is 4.39 Å². The molecule has 3 rings (SSSR count). The van der Waals surface area contributed by atoms with Crippen LogP contribution in [0.2, 0.25) is 0 Å². The molecule has 0 radical (unpaired) electrons. The van der Waals surface area contributed by atoms with Crippen LogP contribution >= 0.6 is 0 Å². The normalized spacial score (nSPS) is 21.1. The minimum Gasteiger partial charge on any atom is -0.423 e. The van der Waals surface area contributed by atoms with Gasteiger partial charge in [-0.1, -0.05) is 6.07 Å². The van der Waals surface area contributed by atoms with Crippen LogP contribution < -0.4 is 5.46 Å². The Labute approximate surface area is 119 Å². The minimum absolute atomic E-state index is 0.219. The van der Waals surface area contributed by atoms with Crippen molar-refractivity contribution in [3.8, 4) is 0 Å². The van der Waals surface area contributed by atoms with E-state index in [1.165, 1.54) is 25.0 Å². The van der Waals surface area contributed by atoms with Gasteiger partial charge in [-0.3, -0.25) is 9.80 Å². The zero-order valence-corrected chi connectivity index (χ0v) is 11.5. The van der Waals surface area contributed by atoms with Crippen molar-refractivity contribution in [2.75, 3.05) is 26.2 Å². The van der Waals surface area contributed by atoms with Gasteiger partial charge in [0.1, 0.15) is 5.82 Å². The fourth-order valence-electron chi connectivity index (χ4n) is 2.90. The summed E-state index contributed by atoms with van der Waals surface area (Å²) in [4.78, 5) is 4.83. The molecule has 2 N–H and O–H groups in total. The Hall–Kier alpha value is -0.945. The van der Waals surface area contributed by atoms with Gasteiger partial charge in [-0.15, -0.1) is 0 Å². The molecule has 0 unspecified atom stereocenters. The lowest BCUT2D eigenvalue weighted by Gasteiger charge is -2.34. The molecule has 1 aromatic carbocycles. The van der Waals surface area contributed by atoms with Crippen LogP contribution in [0.5, 0.6) is 0 Å². The van der Waals surface area contributed by atoms with Gasteiger partial charge in [0.2, 0.25) is 0 Å². The summed E-state index contributed by atoms with van der Waals surface area (Å²) in [5, 5.41) is 18.3. The summed E-state index contributed by atoms with van der Waals surface area (Å²) in [6.07, 6.45) is 2.67. The first kappa shape index (κ1) is 14.0. The van der Waals surface area contributed by atoms with Crippen molar-refractivity contribution >= 4 is 12.6 Å². The fraction of sp³-hybridized carbons (Fsp3) is 0.571. The summed E-state index contributed by atoms with van der Waals surface area (Å²) in [6.45, 7) is 4.80. The van der Waals surface area contributed by atoms with Gasteiger partial charge in [0.25, 0.3) is 0 Å². The van der Waals surface area contributed by atoms with Crippen molar-refractivity contribution in [2.45, 2.75) is 25.4 Å². The Morgan fingerprint density at radius 3 is 2.40 bits per heavy atom. The van der Waals surface area contributed by atoms with Gasteiger partial charge >= 0.3 is 7.12 Å². The molecular formula is C14H20BFN2O2. The van der Waals surface area contributed by atoms with E-state index < -0.39 is 12.9 Å². The third-order valence-corrected chi connectivity index (χ3v) is 4.15. The second kappa shape index (κ2) is 5.81. The molecule has 1 aliphatic heterocycles. The molecule has 4 nitrogen and oxygen atoms in total. The predicted octanol–water partition coefficient (Wildman–Crippen LogP) is -0.214. The standard InChI is InChI=1S/C14H20BFN2O2/c16-13-8-11(7-12(9-13)15(19)20)10-17-3-5-18(6-4-17)14-1-2-14/h7-9,14,19-20H,1-6,10H2. The third kappa shape index (κ3) is 3.38. The molecule has 2 aliphatic rings. The van der Waals surface area contributed by atoms with E-state index in [1.807, 2.05) is 0 Å². The number of nitrogens with zero attached hydrogens (tertiary/aromatic N) is 2. The molecule has 0 bridgehead atoms. The van der Waals surface area contributed by atoms with Gasteiger partial charge in [-0.2, -0.15) is 0 Å². The van der Waals surface area contributed by atoms with Crippen molar-refractivity contribution < 1.29 is 14.4 Å². The second-order valence-electron chi connectivity index (χ2n) is 5.81. The maximum absolute atomic E-state index is 13.5. The van der Waals surface area contributed by atoms with Crippen LogP contribution in [0.15, 0.2) is 18.2 Å². The van der Waals surface area contributed by atoms with Crippen LogP contribution in [0.3, 0.4) is 0 Å². The largest absolute Gasteiger partial charge is 0.488 e.